The van der Waals surface area contributed by atoms with E-state index in [4.69, 9.17) is 0 Å². The predicted octanol–water partition coefficient (Wildman–Crippen LogP) is 3.42. The molecule has 0 aliphatic heterocycles. The highest BCUT2D eigenvalue weighted by Gasteiger charge is 2.33. The van der Waals surface area contributed by atoms with Crippen molar-refractivity contribution in [3.05, 3.63) is 34.3 Å². The van der Waals surface area contributed by atoms with E-state index < -0.39 is 5.97 Å². The molecule has 1 saturated carbocycles. The predicted molar refractivity (Wildman–Crippen MR) is 61.9 cm³/mol. The molecule has 15 heavy (non-hydrogen) atoms. The average molecular weight is 269 g/mol. The summed E-state index contributed by atoms with van der Waals surface area (Å²) in [5, 5.41) is 9.22. The minimum Gasteiger partial charge on any atom is -0.481 e. The Morgan fingerprint density at radius 3 is 2.33 bits per heavy atom. The molecule has 80 valence electrons. The minimum atomic E-state index is -0.693. The Balaban J connectivity index is 2.23. The van der Waals surface area contributed by atoms with Crippen molar-refractivity contribution in [1.82, 2.24) is 0 Å². The van der Waals surface area contributed by atoms with Crippen LogP contribution in [0.15, 0.2) is 28.7 Å². The number of carboxylic acids is 1. The molecule has 0 aromatic heterocycles. The van der Waals surface area contributed by atoms with Gasteiger partial charge in [-0.2, -0.15) is 0 Å². The standard InChI is InChI=1S/C12H13BrO2/c13-10-6-4-9(5-7-10)11(12(14)15)8-2-1-3-8/h4-8,11H,1-3H2,(H,14,15). The van der Waals surface area contributed by atoms with Crippen LogP contribution in [0.25, 0.3) is 0 Å². The molecule has 1 unspecified atom stereocenters. The van der Waals surface area contributed by atoms with Crippen molar-refractivity contribution in [1.29, 1.82) is 0 Å². The summed E-state index contributed by atoms with van der Waals surface area (Å²) in [4.78, 5) is 11.2. The third-order valence-corrected chi connectivity index (χ3v) is 3.65. The van der Waals surface area contributed by atoms with Gasteiger partial charge in [0.2, 0.25) is 0 Å². The van der Waals surface area contributed by atoms with E-state index in [1.165, 1.54) is 6.42 Å². The van der Waals surface area contributed by atoms with Gasteiger partial charge in [-0.1, -0.05) is 34.5 Å². The first-order valence-corrected chi connectivity index (χ1v) is 5.96. The smallest absolute Gasteiger partial charge is 0.311 e. The van der Waals surface area contributed by atoms with Crippen LogP contribution in [0.4, 0.5) is 0 Å². The third kappa shape index (κ3) is 2.23. The quantitative estimate of drug-likeness (QED) is 0.912. The summed E-state index contributed by atoms with van der Waals surface area (Å²) >= 11 is 3.35. The van der Waals surface area contributed by atoms with Crippen molar-refractivity contribution in [3.8, 4) is 0 Å². The van der Waals surface area contributed by atoms with Gasteiger partial charge in [0.25, 0.3) is 0 Å². The van der Waals surface area contributed by atoms with Crippen molar-refractivity contribution >= 4 is 21.9 Å². The van der Waals surface area contributed by atoms with E-state index in [2.05, 4.69) is 15.9 Å². The fraction of sp³-hybridized carbons (Fsp3) is 0.417. The van der Waals surface area contributed by atoms with Crippen molar-refractivity contribution < 1.29 is 9.90 Å². The van der Waals surface area contributed by atoms with E-state index in [9.17, 15) is 9.90 Å². The monoisotopic (exact) mass is 268 g/mol. The fourth-order valence-electron chi connectivity index (χ4n) is 2.06. The van der Waals surface area contributed by atoms with E-state index in [0.29, 0.717) is 5.92 Å². The first kappa shape index (κ1) is 10.7. The molecule has 2 nitrogen and oxygen atoms in total. The molecule has 1 atom stereocenters. The number of carboxylic acid groups (broad SMARTS) is 1. The Morgan fingerprint density at radius 1 is 1.33 bits per heavy atom. The van der Waals surface area contributed by atoms with Crippen LogP contribution in [0.5, 0.6) is 0 Å². The van der Waals surface area contributed by atoms with Gasteiger partial charge < -0.3 is 5.11 Å². The third-order valence-electron chi connectivity index (χ3n) is 3.12. The molecule has 1 aliphatic carbocycles. The number of aliphatic carboxylic acids is 1. The summed E-state index contributed by atoms with van der Waals surface area (Å²) in [6.45, 7) is 0. The van der Waals surface area contributed by atoms with Gasteiger partial charge in [-0.05, 0) is 36.5 Å². The highest BCUT2D eigenvalue weighted by atomic mass is 79.9. The maximum Gasteiger partial charge on any atom is 0.311 e. The summed E-state index contributed by atoms with van der Waals surface area (Å²) < 4.78 is 0.990. The maximum atomic E-state index is 11.2. The number of hydrogen-bond acceptors (Lipinski definition) is 1. The molecular formula is C12H13BrO2. The Hall–Kier alpha value is -0.830. The van der Waals surface area contributed by atoms with Crippen molar-refractivity contribution in [2.75, 3.05) is 0 Å². The second kappa shape index (κ2) is 4.35. The summed E-state index contributed by atoms with van der Waals surface area (Å²) in [5.74, 6) is -0.669. The molecule has 0 radical (unpaired) electrons. The molecule has 1 N–H and O–H groups in total. The Bertz CT molecular complexity index is 354. The lowest BCUT2D eigenvalue weighted by Crippen LogP contribution is -2.26. The summed E-state index contributed by atoms with van der Waals surface area (Å²) in [6.07, 6.45) is 3.27. The lowest BCUT2D eigenvalue weighted by atomic mass is 9.73. The first-order chi connectivity index (χ1) is 7.18. The molecule has 1 aliphatic rings. The Labute approximate surface area is 97.4 Å². The van der Waals surface area contributed by atoms with E-state index >= 15 is 0 Å². The van der Waals surface area contributed by atoms with Gasteiger partial charge >= 0.3 is 5.97 Å². The zero-order chi connectivity index (χ0) is 10.8. The molecule has 3 heteroatoms. The second-order valence-corrected chi connectivity index (χ2v) is 4.97. The minimum absolute atomic E-state index is 0.313. The Morgan fingerprint density at radius 2 is 1.93 bits per heavy atom. The van der Waals surface area contributed by atoms with E-state index in [1.807, 2.05) is 24.3 Å². The highest BCUT2D eigenvalue weighted by molar-refractivity contribution is 9.10. The molecule has 0 heterocycles. The normalized spacial score (nSPS) is 18.2. The average Bonchev–Trinajstić information content (AvgIpc) is 2.12. The summed E-state index contributed by atoms with van der Waals surface area (Å²) in [7, 11) is 0. The molecule has 0 spiro atoms. The lowest BCUT2D eigenvalue weighted by Gasteiger charge is -2.31. The molecule has 1 fully saturated rings. The molecule has 0 saturated heterocycles. The van der Waals surface area contributed by atoms with Gasteiger partial charge in [0, 0.05) is 4.47 Å². The number of rotatable bonds is 3. The van der Waals surface area contributed by atoms with Gasteiger partial charge in [0.1, 0.15) is 0 Å². The molecular weight excluding hydrogens is 256 g/mol. The second-order valence-electron chi connectivity index (χ2n) is 4.06. The topological polar surface area (TPSA) is 37.3 Å². The first-order valence-electron chi connectivity index (χ1n) is 5.17. The zero-order valence-corrected chi connectivity index (χ0v) is 9.90. The number of carbonyl (C=O) groups is 1. The van der Waals surface area contributed by atoms with Crippen LogP contribution in [0.2, 0.25) is 0 Å². The van der Waals surface area contributed by atoms with Crippen LogP contribution < -0.4 is 0 Å². The van der Waals surface area contributed by atoms with Crippen molar-refractivity contribution in [3.63, 3.8) is 0 Å². The van der Waals surface area contributed by atoms with Crippen LogP contribution in [0, 0.1) is 5.92 Å². The summed E-state index contributed by atoms with van der Waals surface area (Å²) in [6, 6.07) is 7.62. The van der Waals surface area contributed by atoms with E-state index in [-0.39, 0.29) is 5.92 Å². The van der Waals surface area contributed by atoms with Gasteiger partial charge in [0.15, 0.2) is 0 Å². The molecule has 2 rings (SSSR count). The van der Waals surface area contributed by atoms with Gasteiger partial charge in [0.05, 0.1) is 5.92 Å². The van der Waals surface area contributed by atoms with Crippen LogP contribution in [-0.4, -0.2) is 11.1 Å². The lowest BCUT2D eigenvalue weighted by molar-refractivity contribution is -0.141. The largest absolute Gasteiger partial charge is 0.481 e. The molecule has 0 amide bonds. The summed E-state index contributed by atoms with van der Waals surface area (Å²) in [5.41, 5.74) is 0.926. The zero-order valence-electron chi connectivity index (χ0n) is 8.32. The van der Waals surface area contributed by atoms with E-state index in [1.54, 1.807) is 0 Å². The number of hydrogen-bond donors (Lipinski definition) is 1. The molecule has 1 aromatic rings. The maximum absolute atomic E-state index is 11.2. The van der Waals surface area contributed by atoms with Crippen molar-refractivity contribution in [2.24, 2.45) is 5.92 Å². The highest BCUT2D eigenvalue weighted by Crippen LogP contribution is 2.39. The Kier molecular flexibility index (Phi) is 3.10. The van der Waals surface area contributed by atoms with Crippen LogP contribution in [-0.2, 0) is 4.79 Å². The van der Waals surface area contributed by atoms with Crippen molar-refractivity contribution in [2.45, 2.75) is 25.2 Å². The van der Waals surface area contributed by atoms with Gasteiger partial charge in [-0.25, -0.2) is 0 Å². The SMILES string of the molecule is O=C(O)C(c1ccc(Br)cc1)C1CCC1. The fourth-order valence-corrected chi connectivity index (χ4v) is 2.32. The molecule has 0 bridgehead atoms. The van der Waals surface area contributed by atoms with Crippen LogP contribution in [0.3, 0.4) is 0 Å². The number of benzene rings is 1. The van der Waals surface area contributed by atoms with E-state index in [0.717, 1.165) is 22.9 Å². The number of halogens is 1. The van der Waals surface area contributed by atoms with Gasteiger partial charge in [-0.15, -0.1) is 0 Å². The van der Waals surface area contributed by atoms with Crippen LogP contribution >= 0.6 is 15.9 Å². The molecule has 1 aromatic carbocycles. The van der Waals surface area contributed by atoms with Crippen LogP contribution in [0.1, 0.15) is 30.7 Å². The van der Waals surface area contributed by atoms with Gasteiger partial charge in [-0.3, -0.25) is 4.79 Å².